The number of nitrogens with one attached hydrogen (secondary N) is 1. The number of fused-ring (bicyclic) bond motifs is 1. The lowest BCUT2D eigenvalue weighted by Gasteiger charge is -2.08. The zero-order chi connectivity index (χ0) is 18.7. The predicted octanol–water partition coefficient (Wildman–Crippen LogP) is 1.64. The fourth-order valence-electron chi connectivity index (χ4n) is 2.49. The molecule has 26 heavy (non-hydrogen) atoms. The van der Waals surface area contributed by atoms with Gasteiger partial charge in [-0.1, -0.05) is 0 Å². The summed E-state index contributed by atoms with van der Waals surface area (Å²) in [4.78, 5) is 16.0. The van der Waals surface area contributed by atoms with E-state index < -0.39 is 15.7 Å². The summed E-state index contributed by atoms with van der Waals surface area (Å²) in [5.74, 6) is -0.0379. The van der Waals surface area contributed by atoms with Gasteiger partial charge in [0.2, 0.25) is 0 Å². The van der Waals surface area contributed by atoms with Crippen LogP contribution in [0.2, 0.25) is 0 Å². The van der Waals surface area contributed by atoms with Gasteiger partial charge in [-0.2, -0.15) is 0 Å². The van der Waals surface area contributed by atoms with Crippen molar-refractivity contribution < 1.29 is 23.2 Å². The van der Waals surface area contributed by atoms with E-state index in [-0.39, 0.29) is 4.90 Å². The maximum absolute atomic E-state index is 11.5. The van der Waals surface area contributed by atoms with Crippen molar-refractivity contribution in [2.75, 3.05) is 12.9 Å². The van der Waals surface area contributed by atoms with Crippen molar-refractivity contribution >= 4 is 26.8 Å². The first-order valence-corrected chi connectivity index (χ1v) is 9.60. The maximum atomic E-state index is 11.5. The number of amides is 1. The normalized spacial score (nSPS) is 11.5. The molecule has 0 unspecified atom stereocenters. The van der Waals surface area contributed by atoms with Crippen LogP contribution in [0.15, 0.2) is 53.7 Å². The number of rotatable bonds is 6. The van der Waals surface area contributed by atoms with E-state index in [1.165, 1.54) is 12.1 Å². The Bertz CT molecular complexity index is 1040. The zero-order valence-corrected chi connectivity index (χ0v) is 14.7. The number of carbonyl (C=O) groups excluding carboxylic acids is 1. The Morgan fingerprint density at radius 1 is 1.23 bits per heavy atom. The van der Waals surface area contributed by atoms with E-state index in [1.807, 2.05) is 4.57 Å². The van der Waals surface area contributed by atoms with Crippen LogP contribution in [0.25, 0.3) is 11.0 Å². The van der Waals surface area contributed by atoms with Gasteiger partial charge >= 0.3 is 0 Å². The van der Waals surface area contributed by atoms with Crippen LogP contribution >= 0.6 is 0 Å². The smallest absolute Gasteiger partial charge is 0.274 e. The lowest BCUT2D eigenvalue weighted by Crippen LogP contribution is -2.18. The first kappa shape index (κ1) is 17.9. The SMILES string of the molecule is CS(=O)(=O)c1ccc(OCCn2cnc3ccc(C(=O)NO)cc32)cc1. The molecule has 0 radical (unpaired) electrons. The first-order valence-electron chi connectivity index (χ1n) is 7.71. The number of nitrogens with zero attached hydrogens (tertiary/aromatic N) is 2. The summed E-state index contributed by atoms with van der Waals surface area (Å²) in [7, 11) is -3.23. The Kier molecular flexibility index (Phi) is 4.92. The van der Waals surface area contributed by atoms with Gasteiger partial charge in [-0.05, 0) is 42.5 Å². The lowest BCUT2D eigenvalue weighted by molar-refractivity contribution is 0.0706. The van der Waals surface area contributed by atoms with Crippen LogP contribution in [0.3, 0.4) is 0 Å². The van der Waals surface area contributed by atoms with Gasteiger partial charge in [-0.25, -0.2) is 18.9 Å². The number of aromatic nitrogens is 2. The van der Waals surface area contributed by atoms with Crippen molar-refractivity contribution in [3.8, 4) is 5.75 Å². The number of ether oxygens (including phenoxy) is 1. The molecule has 8 nitrogen and oxygen atoms in total. The molecule has 136 valence electrons. The third kappa shape index (κ3) is 3.84. The molecule has 9 heteroatoms. The van der Waals surface area contributed by atoms with Gasteiger partial charge in [0.25, 0.3) is 5.91 Å². The van der Waals surface area contributed by atoms with Gasteiger partial charge in [0.1, 0.15) is 12.4 Å². The zero-order valence-electron chi connectivity index (χ0n) is 13.9. The summed E-state index contributed by atoms with van der Waals surface area (Å²) in [6.45, 7) is 0.814. The van der Waals surface area contributed by atoms with Crippen molar-refractivity contribution in [3.05, 3.63) is 54.4 Å². The molecule has 0 aliphatic rings. The van der Waals surface area contributed by atoms with Gasteiger partial charge in [-0.3, -0.25) is 10.0 Å². The van der Waals surface area contributed by atoms with Crippen LogP contribution < -0.4 is 10.2 Å². The van der Waals surface area contributed by atoms with E-state index >= 15 is 0 Å². The molecule has 2 aromatic carbocycles. The summed E-state index contributed by atoms with van der Waals surface area (Å²) >= 11 is 0. The second kappa shape index (κ2) is 7.14. The Labute approximate surface area is 149 Å². The molecule has 0 saturated heterocycles. The number of imidazole rings is 1. The highest BCUT2D eigenvalue weighted by molar-refractivity contribution is 7.90. The second-order valence-corrected chi connectivity index (χ2v) is 7.69. The average Bonchev–Trinajstić information content (AvgIpc) is 3.03. The van der Waals surface area contributed by atoms with E-state index in [4.69, 9.17) is 9.94 Å². The summed E-state index contributed by atoms with van der Waals surface area (Å²) in [6, 6.07) is 11.1. The Balaban J connectivity index is 1.69. The van der Waals surface area contributed by atoms with Crippen molar-refractivity contribution in [2.24, 2.45) is 0 Å². The van der Waals surface area contributed by atoms with E-state index in [1.54, 1.807) is 42.1 Å². The van der Waals surface area contributed by atoms with Gasteiger partial charge < -0.3 is 9.30 Å². The van der Waals surface area contributed by atoms with Crippen LogP contribution in [-0.2, 0) is 16.4 Å². The molecule has 3 rings (SSSR count). The summed E-state index contributed by atoms with van der Waals surface area (Å²) in [5, 5.41) is 8.74. The van der Waals surface area contributed by atoms with Crippen molar-refractivity contribution in [2.45, 2.75) is 11.4 Å². The molecule has 0 aliphatic carbocycles. The van der Waals surface area contributed by atoms with Crippen LogP contribution in [0.5, 0.6) is 5.75 Å². The summed E-state index contributed by atoms with van der Waals surface area (Å²) < 4.78 is 30.3. The van der Waals surface area contributed by atoms with Crippen molar-refractivity contribution in [1.29, 1.82) is 0 Å². The van der Waals surface area contributed by atoms with E-state index in [9.17, 15) is 13.2 Å². The third-order valence-corrected chi connectivity index (χ3v) is 4.97. The molecule has 0 fully saturated rings. The van der Waals surface area contributed by atoms with Crippen LogP contribution in [-0.4, -0.2) is 41.9 Å². The third-order valence-electron chi connectivity index (χ3n) is 3.84. The minimum absolute atomic E-state index is 0.236. The highest BCUT2D eigenvalue weighted by atomic mass is 32.2. The minimum Gasteiger partial charge on any atom is -0.492 e. The van der Waals surface area contributed by atoms with Crippen molar-refractivity contribution in [1.82, 2.24) is 15.0 Å². The fourth-order valence-corrected chi connectivity index (χ4v) is 3.12. The molecule has 0 aliphatic heterocycles. The Hall–Kier alpha value is -2.91. The number of hydrogen-bond donors (Lipinski definition) is 2. The fraction of sp³-hybridized carbons (Fsp3) is 0.176. The molecule has 1 aromatic heterocycles. The highest BCUT2D eigenvalue weighted by Gasteiger charge is 2.09. The number of hydrogen-bond acceptors (Lipinski definition) is 6. The van der Waals surface area contributed by atoms with Gasteiger partial charge in [0, 0.05) is 11.8 Å². The molecule has 0 spiro atoms. The maximum Gasteiger partial charge on any atom is 0.274 e. The minimum atomic E-state index is -3.23. The molecule has 0 atom stereocenters. The topological polar surface area (TPSA) is 111 Å². The van der Waals surface area contributed by atoms with E-state index in [0.717, 1.165) is 17.3 Å². The quantitative estimate of drug-likeness (QED) is 0.501. The molecule has 3 aromatic rings. The predicted molar refractivity (Wildman–Crippen MR) is 94.0 cm³/mol. The van der Waals surface area contributed by atoms with Gasteiger partial charge in [0.15, 0.2) is 9.84 Å². The Morgan fingerprint density at radius 2 is 1.96 bits per heavy atom. The molecule has 2 N–H and O–H groups in total. The molecular weight excluding hydrogens is 358 g/mol. The largest absolute Gasteiger partial charge is 0.492 e. The Morgan fingerprint density at radius 3 is 2.62 bits per heavy atom. The molecule has 0 bridgehead atoms. The average molecular weight is 375 g/mol. The highest BCUT2D eigenvalue weighted by Crippen LogP contribution is 2.17. The van der Waals surface area contributed by atoms with Crippen molar-refractivity contribution in [3.63, 3.8) is 0 Å². The summed E-state index contributed by atoms with van der Waals surface area (Å²) in [6.07, 6.45) is 2.79. The standard InChI is InChI=1S/C17H17N3O5S/c1-26(23,24)14-5-3-13(4-6-14)25-9-8-20-11-18-15-7-2-12(10-16(15)20)17(21)19-22/h2-7,10-11,22H,8-9H2,1H3,(H,19,21). The van der Waals surface area contributed by atoms with E-state index in [0.29, 0.717) is 24.5 Å². The monoisotopic (exact) mass is 375 g/mol. The van der Waals surface area contributed by atoms with E-state index in [2.05, 4.69) is 4.98 Å². The molecule has 1 heterocycles. The van der Waals surface area contributed by atoms with Crippen LogP contribution in [0, 0.1) is 0 Å². The number of sulfone groups is 1. The second-order valence-electron chi connectivity index (χ2n) is 5.67. The van der Waals surface area contributed by atoms with Crippen LogP contribution in [0.4, 0.5) is 0 Å². The first-order chi connectivity index (χ1) is 12.4. The van der Waals surface area contributed by atoms with Gasteiger partial charge in [-0.15, -0.1) is 0 Å². The lowest BCUT2D eigenvalue weighted by atomic mass is 10.2. The molecule has 0 saturated carbocycles. The number of carbonyl (C=O) groups is 1. The van der Waals surface area contributed by atoms with Gasteiger partial charge in [0.05, 0.1) is 28.8 Å². The number of benzene rings is 2. The van der Waals surface area contributed by atoms with Crippen LogP contribution in [0.1, 0.15) is 10.4 Å². The number of hydroxylamine groups is 1. The molecule has 1 amide bonds. The molecular formula is C17H17N3O5S. The summed E-state index contributed by atoms with van der Waals surface area (Å²) in [5.41, 5.74) is 3.38.